The fourth-order valence-electron chi connectivity index (χ4n) is 1.55. The minimum atomic E-state index is -0.723. The molecular weight excluding hydrogens is 170 g/mol. The van der Waals surface area contributed by atoms with E-state index in [1.54, 1.807) is 0 Å². The van der Waals surface area contributed by atoms with E-state index in [4.69, 9.17) is 0 Å². The van der Waals surface area contributed by atoms with E-state index in [2.05, 4.69) is 16.0 Å². The van der Waals surface area contributed by atoms with Crippen molar-refractivity contribution in [1.82, 2.24) is 16.0 Å². The van der Waals surface area contributed by atoms with E-state index in [0.29, 0.717) is 13.0 Å². The van der Waals surface area contributed by atoms with Crippen LogP contribution in [0.4, 0.5) is 4.79 Å². The monoisotopic (exact) mass is 185 g/mol. The van der Waals surface area contributed by atoms with Crippen LogP contribution < -0.4 is 16.0 Å². The Morgan fingerprint density at radius 1 is 1.69 bits per heavy atom. The molecule has 0 bridgehead atoms. The molecule has 0 aliphatic carbocycles. The summed E-state index contributed by atoms with van der Waals surface area (Å²) in [6.07, 6.45) is 1.45. The van der Waals surface area contributed by atoms with Gasteiger partial charge in [0.25, 0.3) is 0 Å². The largest absolute Gasteiger partial charge is 0.341 e. The number of carbonyl (C=O) groups is 2. The topological polar surface area (TPSA) is 70.2 Å². The molecule has 1 fully saturated rings. The summed E-state index contributed by atoms with van der Waals surface area (Å²) in [5, 5.41) is 8.19. The average molecular weight is 185 g/mol. The molecule has 13 heavy (non-hydrogen) atoms. The Morgan fingerprint density at radius 2 is 2.38 bits per heavy atom. The van der Waals surface area contributed by atoms with E-state index in [0.717, 1.165) is 6.29 Å². The van der Waals surface area contributed by atoms with Crippen LogP contribution in [0, 0.1) is 0 Å². The lowest BCUT2D eigenvalue weighted by atomic mass is 9.99. The third-order valence-electron chi connectivity index (χ3n) is 2.25. The predicted octanol–water partition coefficient (Wildman–Crippen LogP) is -0.765. The van der Waals surface area contributed by atoms with Crippen LogP contribution >= 0.6 is 0 Å². The molecule has 1 aliphatic heterocycles. The van der Waals surface area contributed by atoms with E-state index < -0.39 is 5.54 Å². The van der Waals surface area contributed by atoms with Gasteiger partial charge in [0.1, 0.15) is 11.8 Å². The van der Waals surface area contributed by atoms with Crippen molar-refractivity contribution in [3.05, 3.63) is 0 Å². The van der Waals surface area contributed by atoms with Crippen molar-refractivity contribution in [2.45, 2.75) is 24.9 Å². The highest BCUT2D eigenvalue weighted by Gasteiger charge is 2.38. The summed E-state index contributed by atoms with van der Waals surface area (Å²) in [4.78, 5) is 21.9. The summed E-state index contributed by atoms with van der Waals surface area (Å²) in [6, 6.07) is -0.0506. The summed E-state index contributed by atoms with van der Waals surface area (Å²) in [7, 11) is 1.53. The Labute approximate surface area is 77.3 Å². The lowest BCUT2D eigenvalue weighted by Gasteiger charge is -2.22. The van der Waals surface area contributed by atoms with Crippen molar-refractivity contribution in [3.63, 3.8) is 0 Å². The molecule has 74 valence electrons. The van der Waals surface area contributed by atoms with Crippen molar-refractivity contribution < 1.29 is 9.59 Å². The third-order valence-corrected chi connectivity index (χ3v) is 2.25. The quantitative estimate of drug-likeness (QED) is 0.495. The number of carbonyl (C=O) groups excluding carboxylic acids is 2. The summed E-state index contributed by atoms with van der Waals surface area (Å²) < 4.78 is 0. The first-order valence-electron chi connectivity index (χ1n) is 4.31. The normalized spacial score (nSPS) is 32.6. The van der Waals surface area contributed by atoms with Gasteiger partial charge in [-0.3, -0.25) is 0 Å². The van der Waals surface area contributed by atoms with Gasteiger partial charge in [0.15, 0.2) is 0 Å². The minimum Gasteiger partial charge on any atom is -0.341 e. The van der Waals surface area contributed by atoms with Crippen LogP contribution in [-0.2, 0) is 4.79 Å². The molecule has 1 aliphatic rings. The lowest BCUT2D eigenvalue weighted by molar-refractivity contribution is -0.112. The second kappa shape index (κ2) is 3.74. The van der Waals surface area contributed by atoms with Crippen LogP contribution in [-0.4, -0.2) is 37.5 Å². The number of aldehydes is 1. The molecule has 5 nitrogen and oxygen atoms in total. The summed E-state index contributed by atoms with van der Waals surface area (Å²) in [6.45, 7) is 2.49. The maximum Gasteiger partial charge on any atom is 0.315 e. The Balaban J connectivity index is 2.60. The fraction of sp³-hybridized carbons (Fsp3) is 0.750. The summed E-state index contributed by atoms with van der Waals surface area (Å²) >= 11 is 0. The molecule has 1 rings (SSSR count). The standard InChI is InChI=1S/C8H15N3O2/c1-6-3-8(5-12,4-10-6)11-7(13)9-2/h5-6,10H,3-4H2,1-2H3,(H2,9,11,13). The first-order chi connectivity index (χ1) is 6.12. The molecule has 3 N–H and O–H groups in total. The maximum atomic E-state index is 11.0. The van der Waals surface area contributed by atoms with Gasteiger partial charge in [-0.1, -0.05) is 0 Å². The maximum absolute atomic E-state index is 11.0. The molecule has 1 heterocycles. The number of hydrogen-bond donors (Lipinski definition) is 3. The molecule has 2 amide bonds. The Bertz CT molecular complexity index is 219. The zero-order valence-corrected chi connectivity index (χ0v) is 7.89. The Morgan fingerprint density at radius 3 is 2.77 bits per heavy atom. The number of hydrogen-bond acceptors (Lipinski definition) is 3. The second-order valence-electron chi connectivity index (χ2n) is 3.46. The molecule has 0 saturated carbocycles. The molecule has 0 aromatic carbocycles. The summed E-state index contributed by atoms with van der Waals surface area (Å²) in [5.74, 6) is 0. The van der Waals surface area contributed by atoms with Gasteiger partial charge in [-0.05, 0) is 13.3 Å². The summed E-state index contributed by atoms with van der Waals surface area (Å²) in [5.41, 5.74) is -0.723. The zero-order valence-electron chi connectivity index (χ0n) is 7.89. The van der Waals surface area contributed by atoms with Crippen LogP contribution in [0.2, 0.25) is 0 Å². The van der Waals surface area contributed by atoms with Crippen LogP contribution in [0.1, 0.15) is 13.3 Å². The molecule has 0 spiro atoms. The first kappa shape index (κ1) is 9.98. The van der Waals surface area contributed by atoms with E-state index >= 15 is 0 Å². The first-order valence-corrected chi connectivity index (χ1v) is 4.31. The molecule has 5 heteroatoms. The molecule has 2 atom stereocenters. The van der Waals surface area contributed by atoms with Gasteiger partial charge in [-0.2, -0.15) is 0 Å². The Kier molecular flexibility index (Phi) is 2.87. The highest BCUT2D eigenvalue weighted by atomic mass is 16.2. The Hall–Kier alpha value is -1.10. The number of rotatable bonds is 2. The highest BCUT2D eigenvalue weighted by Crippen LogP contribution is 2.16. The average Bonchev–Trinajstić information content (AvgIpc) is 2.48. The van der Waals surface area contributed by atoms with Crippen molar-refractivity contribution >= 4 is 12.3 Å². The molecule has 1 saturated heterocycles. The van der Waals surface area contributed by atoms with Crippen molar-refractivity contribution in [3.8, 4) is 0 Å². The van der Waals surface area contributed by atoms with E-state index in [9.17, 15) is 9.59 Å². The van der Waals surface area contributed by atoms with Gasteiger partial charge in [0.2, 0.25) is 0 Å². The molecule has 0 aromatic rings. The predicted molar refractivity (Wildman–Crippen MR) is 48.5 cm³/mol. The van der Waals surface area contributed by atoms with E-state index in [1.807, 2.05) is 6.92 Å². The van der Waals surface area contributed by atoms with Crippen LogP contribution in [0.3, 0.4) is 0 Å². The van der Waals surface area contributed by atoms with Crippen molar-refractivity contribution in [1.29, 1.82) is 0 Å². The third kappa shape index (κ3) is 2.18. The van der Waals surface area contributed by atoms with E-state index in [1.165, 1.54) is 7.05 Å². The van der Waals surface area contributed by atoms with Crippen molar-refractivity contribution in [2.75, 3.05) is 13.6 Å². The smallest absolute Gasteiger partial charge is 0.315 e. The van der Waals surface area contributed by atoms with E-state index in [-0.39, 0.29) is 12.1 Å². The van der Waals surface area contributed by atoms with Crippen molar-refractivity contribution in [2.24, 2.45) is 0 Å². The second-order valence-corrected chi connectivity index (χ2v) is 3.46. The van der Waals surface area contributed by atoms with Crippen LogP contribution in [0.25, 0.3) is 0 Å². The fourth-order valence-corrected chi connectivity index (χ4v) is 1.55. The molecule has 0 aromatic heterocycles. The SMILES string of the molecule is CNC(=O)NC1(C=O)CNC(C)C1. The van der Waals surface area contributed by atoms with Crippen LogP contribution in [0.15, 0.2) is 0 Å². The highest BCUT2D eigenvalue weighted by molar-refractivity contribution is 5.80. The van der Waals surface area contributed by atoms with Gasteiger partial charge >= 0.3 is 6.03 Å². The number of urea groups is 1. The molecular formula is C8H15N3O2. The zero-order chi connectivity index (χ0) is 9.90. The van der Waals surface area contributed by atoms with Gasteiger partial charge in [0, 0.05) is 19.6 Å². The van der Waals surface area contributed by atoms with Gasteiger partial charge in [-0.25, -0.2) is 4.79 Å². The van der Waals surface area contributed by atoms with Crippen LogP contribution in [0.5, 0.6) is 0 Å². The minimum absolute atomic E-state index is 0.266. The molecule has 2 unspecified atom stereocenters. The molecule has 0 radical (unpaired) electrons. The number of nitrogens with one attached hydrogen (secondary N) is 3. The van der Waals surface area contributed by atoms with Gasteiger partial charge < -0.3 is 20.7 Å². The number of amides is 2. The lowest BCUT2D eigenvalue weighted by Crippen LogP contribution is -2.54. The van der Waals surface area contributed by atoms with Gasteiger partial charge in [0.05, 0.1) is 0 Å². The van der Waals surface area contributed by atoms with Gasteiger partial charge in [-0.15, -0.1) is 0 Å².